The molecule has 0 spiro atoms. The highest BCUT2D eigenvalue weighted by molar-refractivity contribution is 7.12. The fraction of sp³-hybridized carbons (Fsp3) is 0.188. The molecule has 0 saturated heterocycles. The van der Waals surface area contributed by atoms with E-state index < -0.39 is 5.97 Å². The van der Waals surface area contributed by atoms with Crippen LogP contribution in [0, 0.1) is 6.92 Å². The number of carboxylic acid groups (broad SMARTS) is 1. The van der Waals surface area contributed by atoms with Crippen molar-refractivity contribution in [3.05, 3.63) is 56.3 Å². The van der Waals surface area contributed by atoms with Crippen LogP contribution >= 0.6 is 22.7 Å². The van der Waals surface area contributed by atoms with Gasteiger partial charge in [0.05, 0.1) is 23.5 Å². The number of aromatic nitrogens is 2. The first kappa shape index (κ1) is 14.9. The number of carboxylic acids is 1. The Labute approximate surface area is 136 Å². The fourth-order valence-corrected chi connectivity index (χ4v) is 4.12. The summed E-state index contributed by atoms with van der Waals surface area (Å²) in [5, 5.41) is 13.0. The topological polar surface area (TPSA) is 63.1 Å². The minimum atomic E-state index is -0.836. The van der Waals surface area contributed by atoms with Crippen molar-refractivity contribution < 1.29 is 9.90 Å². The minimum absolute atomic E-state index is 0.00120. The number of carbonyl (C=O) groups is 1. The summed E-state index contributed by atoms with van der Waals surface area (Å²) in [6.07, 6.45) is 0.654. The van der Waals surface area contributed by atoms with Crippen molar-refractivity contribution in [2.24, 2.45) is 0 Å². The zero-order valence-corrected chi connectivity index (χ0v) is 13.6. The Balaban J connectivity index is 1.95. The quantitative estimate of drug-likeness (QED) is 0.773. The van der Waals surface area contributed by atoms with Gasteiger partial charge in [-0.05, 0) is 6.92 Å². The number of hydrogen-bond acceptors (Lipinski definition) is 5. The molecule has 0 saturated carbocycles. The highest BCUT2D eigenvalue weighted by atomic mass is 32.1. The number of benzene rings is 1. The third-order valence-electron chi connectivity index (χ3n) is 3.07. The number of thiazole rings is 2. The lowest BCUT2D eigenvalue weighted by atomic mass is 10.1. The molecule has 0 radical (unpaired) electrons. The Morgan fingerprint density at radius 1 is 1.18 bits per heavy atom. The molecular formula is C16H14N2O2S2. The van der Waals surface area contributed by atoms with Gasteiger partial charge in [0, 0.05) is 21.5 Å². The van der Waals surface area contributed by atoms with Crippen molar-refractivity contribution in [2.75, 3.05) is 0 Å². The van der Waals surface area contributed by atoms with Crippen LogP contribution in [-0.4, -0.2) is 21.0 Å². The summed E-state index contributed by atoms with van der Waals surface area (Å²) in [7, 11) is 0. The fourth-order valence-electron chi connectivity index (χ4n) is 2.17. The molecule has 3 aromatic rings. The van der Waals surface area contributed by atoms with Crippen molar-refractivity contribution >= 4 is 28.6 Å². The average Bonchev–Trinajstić information content (AvgIpc) is 3.06. The molecule has 4 nitrogen and oxygen atoms in total. The lowest BCUT2D eigenvalue weighted by Crippen LogP contribution is -1.99. The van der Waals surface area contributed by atoms with Gasteiger partial charge in [0.1, 0.15) is 5.01 Å². The van der Waals surface area contributed by atoms with Gasteiger partial charge in [-0.3, -0.25) is 4.79 Å². The monoisotopic (exact) mass is 330 g/mol. The van der Waals surface area contributed by atoms with Crippen molar-refractivity contribution in [3.63, 3.8) is 0 Å². The number of nitrogens with zero attached hydrogens (tertiary/aromatic N) is 2. The molecule has 1 N–H and O–H groups in total. The SMILES string of the molecule is Cc1csc(Cc2nc(-c3ccccc3)c(CC(=O)O)s2)n1. The molecule has 6 heteroatoms. The second-order valence-corrected chi connectivity index (χ2v) is 6.99. The van der Waals surface area contributed by atoms with Crippen LogP contribution in [0.15, 0.2) is 35.7 Å². The first-order valence-electron chi connectivity index (χ1n) is 6.78. The number of aliphatic carboxylic acids is 1. The predicted molar refractivity (Wildman–Crippen MR) is 88.5 cm³/mol. The Bertz CT molecular complexity index is 794. The first-order valence-corrected chi connectivity index (χ1v) is 8.48. The van der Waals surface area contributed by atoms with Gasteiger partial charge in [0.25, 0.3) is 0 Å². The van der Waals surface area contributed by atoms with Crippen LogP contribution in [-0.2, 0) is 17.6 Å². The van der Waals surface area contributed by atoms with Crippen LogP contribution in [0.5, 0.6) is 0 Å². The highest BCUT2D eigenvalue weighted by Crippen LogP contribution is 2.30. The molecule has 1 aromatic carbocycles. The number of hydrogen-bond donors (Lipinski definition) is 1. The van der Waals surface area contributed by atoms with E-state index in [1.165, 1.54) is 11.3 Å². The van der Waals surface area contributed by atoms with Gasteiger partial charge in [0.2, 0.25) is 0 Å². The second-order valence-electron chi connectivity index (χ2n) is 4.88. The van der Waals surface area contributed by atoms with E-state index in [-0.39, 0.29) is 6.42 Å². The molecule has 2 aromatic heterocycles. The summed E-state index contributed by atoms with van der Waals surface area (Å²) in [5.41, 5.74) is 2.73. The van der Waals surface area contributed by atoms with Gasteiger partial charge in [-0.25, -0.2) is 9.97 Å². The van der Waals surface area contributed by atoms with Gasteiger partial charge in [-0.15, -0.1) is 22.7 Å². The lowest BCUT2D eigenvalue weighted by Gasteiger charge is -1.99. The molecule has 2 heterocycles. The molecule has 0 unspecified atom stereocenters. The second kappa shape index (κ2) is 6.37. The Morgan fingerprint density at radius 3 is 2.59 bits per heavy atom. The van der Waals surface area contributed by atoms with Crippen LogP contribution < -0.4 is 0 Å². The van der Waals surface area contributed by atoms with E-state index in [2.05, 4.69) is 9.97 Å². The molecule has 0 aliphatic carbocycles. The molecule has 0 fully saturated rings. The largest absolute Gasteiger partial charge is 0.481 e. The van der Waals surface area contributed by atoms with Crippen molar-refractivity contribution in [2.45, 2.75) is 19.8 Å². The van der Waals surface area contributed by atoms with Gasteiger partial charge in [0.15, 0.2) is 0 Å². The summed E-state index contributed by atoms with van der Waals surface area (Å²) in [5.74, 6) is -0.836. The van der Waals surface area contributed by atoms with E-state index >= 15 is 0 Å². The molecule has 0 atom stereocenters. The molecule has 112 valence electrons. The van der Waals surface area contributed by atoms with E-state index in [1.54, 1.807) is 11.3 Å². The summed E-state index contributed by atoms with van der Waals surface area (Å²) in [4.78, 5) is 21.0. The molecule has 0 bridgehead atoms. The van der Waals surface area contributed by atoms with Gasteiger partial charge in [-0.2, -0.15) is 0 Å². The van der Waals surface area contributed by atoms with Crippen molar-refractivity contribution in [3.8, 4) is 11.3 Å². The van der Waals surface area contributed by atoms with Gasteiger partial charge >= 0.3 is 5.97 Å². The number of aryl methyl sites for hydroxylation is 1. The molecule has 0 amide bonds. The van der Waals surface area contributed by atoms with Gasteiger partial charge in [-0.1, -0.05) is 30.3 Å². The minimum Gasteiger partial charge on any atom is -0.481 e. The Kier molecular flexibility index (Phi) is 4.31. The Hall–Kier alpha value is -2.05. The smallest absolute Gasteiger partial charge is 0.308 e. The van der Waals surface area contributed by atoms with Crippen LogP contribution in [0.4, 0.5) is 0 Å². The third kappa shape index (κ3) is 3.40. The Morgan fingerprint density at radius 2 is 1.95 bits per heavy atom. The summed E-state index contributed by atoms with van der Waals surface area (Å²) in [6.45, 7) is 1.97. The van der Waals surface area contributed by atoms with Crippen molar-refractivity contribution in [1.29, 1.82) is 0 Å². The van der Waals surface area contributed by atoms with Crippen LogP contribution in [0.3, 0.4) is 0 Å². The molecule has 0 aliphatic heterocycles. The van der Waals surface area contributed by atoms with E-state index in [4.69, 9.17) is 5.11 Å². The van der Waals surface area contributed by atoms with Crippen LogP contribution in [0.1, 0.15) is 20.6 Å². The predicted octanol–water partition coefficient (Wildman–Crippen LogP) is 3.79. The molecular weight excluding hydrogens is 316 g/mol. The summed E-state index contributed by atoms with van der Waals surface area (Å²) < 4.78 is 0. The average molecular weight is 330 g/mol. The molecule has 3 rings (SSSR count). The van der Waals surface area contributed by atoms with Crippen LogP contribution in [0.2, 0.25) is 0 Å². The summed E-state index contributed by atoms with van der Waals surface area (Å²) >= 11 is 3.07. The van der Waals surface area contributed by atoms with E-state index in [0.29, 0.717) is 6.42 Å². The maximum Gasteiger partial charge on any atom is 0.308 e. The third-order valence-corrected chi connectivity index (χ3v) is 5.09. The number of rotatable bonds is 5. The van der Waals surface area contributed by atoms with E-state index in [0.717, 1.165) is 31.8 Å². The molecule has 0 aliphatic rings. The maximum absolute atomic E-state index is 11.1. The van der Waals surface area contributed by atoms with Crippen molar-refractivity contribution in [1.82, 2.24) is 9.97 Å². The van der Waals surface area contributed by atoms with Gasteiger partial charge < -0.3 is 5.11 Å². The highest BCUT2D eigenvalue weighted by Gasteiger charge is 2.16. The normalized spacial score (nSPS) is 10.8. The first-order chi connectivity index (χ1) is 10.6. The van der Waals surface area contributed by atoms with E-state index in [1.807, 2.05) is 42.6 Å². The standard InChI is InChI=1S/C16H14N2O2S2/c1-10-9-21-13(17-10)8-14-18-16(11-5-3-2-4-6-11)12(22-14)7-15(19)20/h2-6,9H,7-8H2,1H3,(H,19,20). The maximum atomic E-state index is 11.1. The zero-order valence-electron chi connectivity index (χ0n) is 11.9. The molecule has 22 heavy (non-hydrogen) atoms. The van der Waals surface area contributed by atoms with Crippen LogP contribution in [0.25, 0.3) is 11.3 Å². The summed E-state index contributed by atoms with van der Waals surface area (Å²) in [6, 6.07) is 9.72. The van der Waals surface area contributed by atoms with E-state index in [9.17, 15) is 4.79 Å². The zero-order chi connectivity index (χ0) is 15.5. The lowest BCUT2D eigenvalue weighted by molar-refractivity contribution is -0.136.